The van der Waals surface area contributed by atoms with Crippen LogP contribution in [0.25, 0.3) is 0 Å². The molecule has 0 aliphatic rings. The molecule has 138 valence electrons. The molecule has 0 atom stereocenters. The van der Waals surface area contributed by atoms with E-state index in [1.165, 1.54) is 16.7 Å². The SMILES string of the molecule is Clc1c(Br)cc(C(c2ccccc2)(c2ccccc2)c2ccccc2)cc1Br. The molecule has 0 radical (unpaired) electrons. The highest BCUT2D eigenvalue weighted by molar-refractivity contribution is 9.11. The van der Waals surface area contributed by atoms with Gasteiger partial charge in [-0.1, -0.05) is 103 Å². The molecule has 0 heterocycles. The van der Waals surface area contributed by atoms with Gasteiger partial charge in [0.05, 0.1) is 10.4 Å². The normalized spacial score (nSPS) is 11.4. The van der Waals surface area contributed by atoms with Crippen LogP contribution in [0.3, 0.4) is 0 Å². The minimum Gasteiger partial charge on any atom is -0.0819 e. The first-order chi connectivity index (χ1) is 13.6. The lowest BCUT2D eigenvalue weighted by Crippen LogP contribution is -2.31. The average molecular weight is 513 g/mol. The van der Waals surface area contributed by atoms with Gasteiger partial charge in [0.2, 0.25) is 0 Å². The van der Waals surface area contributed by atoms with Crippen molar-refractivity contribution < 1.29 is 0 Å². The Labute approximate surface area is 187 Å². The molecule has 0 bridgehead atoms. The van der Waals surface area contributed by atoms with E-state index in [4.69, 9.17) is 11.6 Å². The van der Waals surface area contributed by atoms with E-state index >= 15 is 0 Å². The van der Waals surface area contributed by atoms with Gasteiger partial charge in [-0.05, 0) is 66.2 Å². The van der Waals surface area contributed by atoms with Crippen LogP contribution < -0.4 is 0 Å². The summed E-state index contributed by atoms with van der Waals surface area (Å²) in [6.45, 7) is 0. The number of hydrogen-bond donors (Lipinski definition) is 0. The van der Waals surface area contributed by atoms with Gasteiger partial charge in [-0.2, -0.15) is 0 Å². The molecule has 0 saturated carbocycles. The quantitative estimate of drug-likeness (QED) is 0.191. The van der Waals surface area contributed by atoms with Crippen LogP contribution in [0.5, 0.6) is 0 Å². The first-order valence-electron chi connectivity index (χ1n) is 8.95. The van der Waals surface area contributed by atoms with Crippen molar-refractivity contribution in [2.24, 2.45) is 0 Å². The predicted octanol–water partition coefficient (Wildman–Crippen LogP) is 8.25. The monoisotopic (exact) mass is 510 g/mol. The summed E-state index contributed by atoms with van der Waals surface area (Å²) in [5.41, 5.74) is 4.27. The van der Waals surface area contributed by atoms with Crippen molar-refractivity contribution in [3.63, 3.8) is 0 Å². The molecule has 0 unspecified atom stereocenters. The highest BCUT2D eigenvalue weighted by Gasteiger charge is 2.38. The lowest BCUT2D eigenvalue weighted by atomic mass is 9.65. The lowest BCUT2D eigenvalue weighted by molar-refractivity contribution is 0.744. The first-order valence-corrected chi connectivity index (χ1v) is 10.9. The van der Waals surface area contributed by atoms with Crippen molar-refractivity contribution in [1.29, 1.82) is 0 Å². The highest BCUT2D eigenvalue weighted by Crippen LogP contribution is 2.47. The van der Waals surface area contributed by atoms with E-state index in [1.807, 2.05) is 0 Å². The fraction of sp³-hybridized carbons (Fsp3) is 0.0400. The van der Waals surface area contributed by atoms with Crippen molar-refractivity contribution in [1.82, 2.24) is 0 Å². The van der Waals surface area contributed by atoms with Crippen LogP contribution in [0, 0.1) is 0 Å². The summed E-state index contributed by atoms with van der Waals surface area (Å²) in [6, 6.07) is 36.1. The van der Waals surface area contributed by atoms with Gasteiger partial charge < -0.3 is 0 Å². The molecule has 28 heavy (non-hydrogen) atoms. The zero-order valence-corrected chi connectivity index (χ0v) is 18.9. The maximum absolute atomic E-state index is 6.44. The van der Waals surface area contributed by atoms with Crippen molar-refractivity contribution in [2.75, 3.05) is 0 Å². The fourth-order valence-electron chi connectivity index (χ4n) is 3.84. The third-order valence-corrected chi connectivity index (χ3v) is 7.15. The molecule has 0 amide bonds. The topological polar surface area (TPSA) is 0 Å². The molecule has 0 spiro atoms. The van der Waals surface area contributed by atoms with Crippen LogP contribution in [-0.2, 0) is 5.41 Å². The van der Waals surface area contributed by atoms with Gasteiger partial charge in [0.1, 0.15) is 0 Å². The Morgan fingerprint density at radius 2 is 0.821 bits per heavy atom. The Bertz CT molecular complexity index is 958. The van der Waals surface area contributed by atoms with Gasteiger partial charge in [-0.3, -0.25) is 0 Å². The van der Waals surface area contributed by atoms with E-state index < -0.39 is 5.41 Å². The third kappa shape index (κ3) is 3.34. The van der Waals surface area contributed by atoms with Gasteiger partial charge in [-0.15, -0.1) is 0 Å². The maximum atomic E-state index is 6.44. The Morgan fingerprint density at radius 1 is 0.500 bits per heavy atom. The Kier molecular flexibility index (Phi) is 5.73. The van der Waals surface area contributed by atoms with Gasteiger partial charge >= 0.3 is 0 Å². The minimum absolute atomic E-state index is 0.473. The molecule has 4 rings (SSSR count). The number of benzene rings is 4. The summed E-state index contributed by atoms with van der Waals surface area (Å²) in [4.78, 5) is 0. The Balaban J connectivity index is 2.17. The van der Waals surface area contributed by atoms with Crippen molar-refractivity contribution in [3.05, 3.63) is 139 Å². The molecule has 3 heteroatoms. The molecule has 0 aliphatic carbocycles. The lowest BCUT2D eigenvalue weighted by Gasteiger charge is -2.37. The summed E-state index contributed by atoms with van der Waals surface area (Å²) in [7, 11) is 0. The van der Waals surface area contributed by atoms with Crippen LogP contribution in [0.2, 0.25) is 5.02 Å². The van der Waals surface area contributed by atoms with Crippen molar-refractivity contribution in [3.8, 4) is 0 Å². The molecule has 0 nitrogen and oxygen atoms in total. The van der Waals surface area contributed by atoms with Crippen LogP contribution in [0.1, 0.15) is 22.3 Å². The van der Waals surface area contributed by atoms with E-state index in [1.54, 1.807) is 0 Å². The van der Waals surface area contributed by atoms with Crippen LogP contribution in [-0.4, -0.2) is 0 Å². The van der Waals surface area contributed by atoms with E-state index in [0.29, 0.717) is 5.02 Å². The molecule has 0 N–H and O–H groups in total. The van der Waals surface area contributed by atoms with Gasteiger partial charge in [0, 0.05) is 8.95 Å². The minimum atomic E-state index is -0.473. The Morgan fingerprint density at radius 3 is 1.14 bits per heavy atom. The summed E-state index contributed by atoms with van der Waals surface area (Å²) in [5.74, 6) is 0. The van der Waals surface area contributed by atoms with Gasteiger partial charge in [-0.25, -0.2) is 0 Å². The summed E-state index contributed by atoms with van der Waals surface area (Å²) < 4.78 is 1.73. The molecule has 0 saturated heterocycles. The third-order valence-electron chi connectivity index (χ3n) is 5.04. The maximum Gasteiger partial charge on any atom is 0.0702 e. The largest absolute Gasteiger partial charge is 0.0819 e. The van der Waals surface area contributed by atoms with Gasteiger partial charge in [0.25, 0.3) is 0 Å². The summed E-state index contributed by atoms with van der Waals surface area (Å²) >= 11 is 13.7. The van der Waals surface area contributed by atoms with Gasteiger partial charge in [0.15, 0.2) is 0 Å². The van der Waals surface area contributed by atoms with Crippen LogP contribution in [0.4, 0.5) is 0 Å². The van der Waals surface area contributed by atoms with Crippen LogP contribution in [0.15, 0.2) is 112 Å². The Hall–Kier alpha value is -1.87. The summed E-state index contributed by atoms with van der Waals surface area (Å²) in [5, 5.41) is 0.673. The van der Waals surface area contributed by atoms with Crippen molar-refractivity contribution in [2.45, 2.75) is 5.41 Å². The van der Waals surface area contributed by atoms with E-state index in [9.17, 15) is 0 Å². The predicted molar refractivity (Wildman–Crippen MR) is 125 cm³/mol. The molecule has 4 aromatic carbocycles. The highest BCUT2D eigenvalue weighted by atomic mass is 79.9. The number of halogens is 3. The van der Waals surface area contributed by atoms with E-state index in [0.717, 1.165) is 14.5 Å². The molecule has 0 aromatic heterocycles. The van der Waals surface area contributed by atoms with E-state index in [-0.39, 0.29) is 0 Å². The average Bonchev–Trinajstić information content (AvgIpc) is 2.75. The molecular formula is C25H17Br2Cl. The van der Waals surface area contributed by atoms with Crippen LogP contribution >= 0.6 is 43.5 Å². The number of hydrogen-bond acceptors (Lipinski definition) is 0. The van der Waals surface area contributed by atoms with E-state index in [2.05, 4.69) is 135 Å². The van der Waals surface area contributed by atoms with Crippen molar-refractivity contribution >= 4 is 43.5 Å². The summed E-state index contributed by atoms with van der Waals surface area (Å²) in [6.07, 6.45) is 0. The zero-order chi connectivity index (χ0) is 19.6. The molecule has 4 aromatic rings. The second-order valence-electron chi connectivity index (χ2n) is 6.60. The number of rotatable bonds is 4. The zero-order valence-electron chi connectivity index (χ0n) is 14.9. The first kappa shape index (κ1) is 19.4. The second-order valence-corrected chi connectivity index (χ2v) is 8.69. The smallest absolute Gasteiger partial charge is 0.0702 e. The molecule has 0 aliphatic heterocycles. The fourth-order valence-corrected chi connectivity index (χ4v) is 5.13. The second kappa shape index (κ2) is 8.24. The molecular weight excluding hydrogens is 496 g/mol. The molecule has 0 fully saturated rings. The standard InChI is InChI=1S/C25H17Br2Cl/c26-22-16-21(17-23(27)24(22)28)25(18-10-4-1-5-11-18,19-12-6-2-7-13-19)20-14-8-3-9-15-20/h1-17H.